The summed E-state index contributed by atoms with van der Waals surface area (Å²) in [4.78, 5) is 4.44. The average molecular weight is 225 g/mol. The first-order valence-corrected chi connectivity index (χ1v) is 5.07. The van der Waals surface area contributed by atoms with Crippen LogP contribution >= 0.6 is 11.6 Å². The highest BCUT2D eigenvalue weighted by molar-refractivity contribution is 6.30. The van der Waals surface area contributed by atoms with Crippen LogP contribution in [-0.2, 0) is 6.54 Å². The molecule has 2 heterocycles. The second-order valence-corrected chi connectivity index (χ2v) is 4.01. The monoisotopic (exact) mass is 224 g/mol. The summed E-state index contributed by atoms with van der Waals surface area (Å²) in [5.41, 5.74) is 5.07. The molecule has 0 saturated heterocycles. The Labute approximate surface area is 93.4 Å². The third-order valence-electron chi connectivity index (χ3n) is 2.04. The lowest BCUT2D eigenvalue weighted by atomic mass is 10.5. The van der Waals surface area contributed by atoms with E-state index in [9.17, 15) is 0 Å². The topological polar surface area (TPSA) is 32.6 Å². The van der Waals surface area contributed by atoms with Crippen LogP contribution in [0.3, 0.4) is 0 Å². The molecule has 0 spiro atoms. The number of hydrazine groups is 1. The zero-order valence-corrected chi connectivity index (χ0v) is 9.49. The Kier molecular flexibility index (Phi) is 2.90. The van der Waals surface area contributed by atoms with Gasteiger partial charge in [0.15, 0.2) is 0 Å². The van der Waals surface area contributed by atoms with Gasteiger partial charge in [-0.15, -0.1) is 0 Å². The van der Waals surface area contributed by atoms with E-state index in [0.717, 1.165) is 11.3 Å². The van der Waals surface area contributed by atoms with E-state index >= 15 is 0 Å². The Hall–Kier alpha value is -1.10. The quantitative estimate of drug-likeness (QED) is 0.804. The number of halogens is 1. The summed E-state index contributed by atoms with van der Waals surface area (Å²) in [6.45, 7) is 0.715. The summed E-state index contributed by atoms with van der Waals surface area (Å²) in [7, 11) is 3.90. The smallest absolute Gasteiger partial charge is 0.137 e. The molecule has 2 aromatic heterocycles. The molecule has 0 aliphatic rings. The third-order valence-corrected chi connectivity index (χ3v) is 2.26. The molecule has 0 aliphatic heterocycles. The molecule has 80 valence electrons. The molecule has 0 unspecified atom stereocenters. The molecule has 0 saturated carbocycles. The fraction of sp³-hybridized carbons (Fsp3) is 0.300. The molecule has 0 atom stereocenters. The second-order valence-electron chi connectivity index (χ2n) is 3.57. The molecule has 5 heteroatoms. The lowest BCUT2D eigenvalue weighted by molar-refractivity contribution is 0.284. The van der Waals surface area contributed by atoms with E-state index < -0.39 is 0 Å². The first-order chi connectivity index (χ1) is 7.15. The van der Waals surface area contributed by atoms with Gasteiger partial charge in [-0.2, -0.15) is 0 Å². The third kappa shape index (κ3) is 2.47. The van der Waals surface area contributed by atoms with Crippen LogP contribution in [0.4, 0.5) is 0 Å². The van der Waals surface area contributed by atoms with E-state index in [-0.39, 0.29) is 0 Å². The van der Waals surface area contributed by atoms with Crippen LogP contribution in [-0.4, -0.2) is 28.5 Å². The highest BCUT2D eigenvalue weighted by Crippen LogP contribution is 2.11. The van der Waals surface area contributed by atoms with Crippen LogP contribution in [0.15, 0.2) is 24.5 Å². The van der Waals surface area contributed by atoms with Crippen LogP contribution in [0, 0.1) is 0 Å². The molecule has 1 N–H and O–H groups in total. The van der Waals surface area contributed by atoms with Crippen LogP contribution < -0.4 is 5.43 Å². The Balaban J connectivity index is 2.23. The minimum atomic E-state index is 0.715. The van der Waals surface area contributed by atoms with Gasteiger partial charge in [-0.1, -0.05) is 11.6 Å². The maximum Gasteiger partial charge on any atom is 0.137 e. The molecule has 0 amide bonds. The number of nitrogens with zero attached hydrogens (tertiary/aromatic N) is 3. The zero-order chi connectivity index (χ0) is 10.8. The van der Waals surface area contributed by atoms with E-state index in [4.69, 9.17) is 11.6 Å². The van der Waals surface area contributed by atoms with E-state index in [0.29, 0.717) is 11.6 Å². The SMILES string of the molecule is CN(C)NCc1cn2cc(Cl)ccc2n1. The number of aromatic nitrogens is 2. The van der Waals surface area contributed by atoms with Crippen LogP contribution in [0.25, 0.3) is 5.65 Å². The Morgan fingerprint density at radius 2 is 2.20 bits per heavy atom. The minimum absolute atomic E-state index is 0.715. The Morgan fingerprint density at radius 3 is 2.93 bits per heavy atom. The second kappa shape index (κ2) is 4.18. The highest BCUT2D eigenvalue weighted by Gasteiger charge is 2.01. The van der Waals surface area contributed by atoms with Crippen molar-refractivity contribution in [2.45, 2.75) is 6.54 Å². The van der Waals surface area contributed by atoms with Crippen molar-refractivity contribution in [2.24, 2.45) is 0 Å². The number of rotatable bonds is 3. The van der Waals surface area contributed by atoms with E-state index in [1.54, 1.807) is 0 Å². The van der Waals surface area contributed by atoms with Gasteiger partial charge in [0.2, 0.25) is 0 Å². The van der Waals surface area contributed by atoms with Crippen molar-refractivity contribution in [3.8, 4) is 0 Å². The fourth-order valence-electron chi connectivity index (χ4n) is 1.34. The largest absolute Gasteiger partial charge is 0.305 e. The average Bonchev–Trinajstić information content (AvgIpc) is 2.56. The molecule has 2 rings (SSSR count). The Bertz CT molecular complexity index is 463. The van der Waals surface area contributed by atoms with Gasteiger partial charge in [-0.05, 0) is 12.1 Å². The standard InChI is InChI=1S/C10H13ClN4/c1-14(2)12-5-9-7-15-6-8(11)3-4-10(15)13-9/h3-4,6-7,12H,5H2,1-2H3. The number of imidazole rings is 1. The molecule has 0 bridgehead atoms. The lowest BCUT2D eigenvalue weighted by Crippen LogP contribution is -2.29. The summed E-state index contributed by atoms with van der Waals surface area (Å²) in [5.74, 6) is 0. The van der Waals surface area contributed by atoms with Crippen LogP contribution in [0.5, 0.6) is 0 Å². The van der Waals surface area contributed by atoms with Crippen molar-refractivity contribution >= 4 is 17.2 Å². The predicted molar refractivity (Wildman–Crippen MR) is 60.7 cm³/mol. The lowest BCUT2D eigenvalue weighted by Gasteiger charge is -2.09. The molecular weight excluding hydrogens is 212 g/mol. The number of fused-ring (bicyclic) bond motifs is 1. The number of pyridine rings is 1. The summed E-state index contributed by atoms with van der Waals surface area (Å²) in [6, 6.07) is 3.74. The first kappa shape index (κ1) is 10.4. The van der Waals surface area contributed by atoms with Gasteiger partial charge in [-0.25, -0.2) is 10.4 Å². The normalized spacial score (nSPS) is 11.5. The maximum absolute atomic E-state index is 5.88. The van der Waals surface area contributed by atoms with Gasteiger partial charge < -0.3 is 4.40 Å². The molecule has 15 heavy (non-hydrogen) atoms. The predicted octanol–water partition coefficient (Wildman–Crippen LogP) is 1.55. The summed E-state index contributed by atoms with van der Waals surface area (Å²) >= 11 is 5.88. The van der Waals surface area contributed by atoms with Gasteiger partial charge in [0.25, 0.3) is 0 Å². The van der Waals surface area contributed by atoms with Crippen molar-refractivity contribution in [1.29, 1.82) is 0 Å². The zero-order valence-electron chi connectivity index (χ0n) is 8.74. The van der Waals surface area contributed by atoms with Crippen molar-refractivity contribution < 1.29 is 0 Å². The number of hydrogen-bond donors (Lipinski definition) is 1. The molecule has 0 radical (unpaired) electrons. The van der Waals surface area contributed by atoms with E-state index in [1.807, 2.05) is 48.0 Å². The number of hydrogen-bond acceptors (Lipinski definition) is 3. The van der Waals surface area contributed by atoms with Gasteiger partial charge in [0, 0.05) is 26.5 Å². The van der Waals surface area contributed by atoms with Gasteiger partial charge >= 0.3 is 0 Å². The first-order valence-electron chi connectivity index (χ1n) is 4.69. The number of nitrogens with one attached hydrogen (secondary N) is 1. The summed E-state index contributed by atoms with van der Waals surface area (Å²) < 4.78 is 1.93. The summed E-state index contributed by atoms with van der Waals surface area (Å²) in [6.07, 6.45) is 3.82. The molecule has 2 aromatic rings. The van der Waals surface area contributed by atoms with Crippen molar-refractivity contribution in [3.63, 3.8) is 0 Å². The van der Waals surface area contributed by atoms with Crippen molar-refractivity contribution in [3.05, 3.63) is 35.2 Å². The van der Waals surface area contributed by atoms with Crippen LogP contribution in [0.1, 0.15) is 5.69 Å². The van der Waals surface area contributed by atoms with Gasteiger partial charge in [-0.3, -0.25) is 5.01 Å². The van der Waals surface area contributed by atoms with E-state index in [2.05, 4.69) is 10.4 Å². The molecule has 0 fully saturated rings. The van der Waals surface area contributed by atoms with Crippen molar-refractivity contribution in [1.82, 2.24) is 19.8 Å². The van der Waals surface area contributed by atoms with E-state index in [1.165, 1.54) is 0 Å². The Morgan fingerprint density at radius 1 is 1.40 bits per heavy atom. The maximum atomic E-state index is 5.88. The molecule has 0 aliphatic carbocycles. The van der Waals surface area contributed by atoms with Crippen molar-refractivity contribution in [2.75, 3.05) is 14.1 Å². The molecular formula is C10H13ClN4. The molecule has 4 nitrogen and oxygen atoms in total. The highest BCUT2D eigenvalue weighted by atomic mass is 35.5. The minimum Gasteiger partial charge on any atom is -0.305 e. The molecule has 0 aromatic carbocycles. The summed E-state index contributed by atoms with van der Waals surface area (Å²) in [5, 5.41) is 2.61. The van der Waals surface area contributed by atoms with Gasteiger partial charge in [0.05, 0.1) is 17.3 Å². The fourth-order valence-corrected chi connectivity index (χ4v) is 1.51. The van der Waals surface area contributed by atoms with Crippen LogP contribution in [0.2, 0.25) is 5.02 Å². The van der Waals surface area contributed by atoms with Gasteiger partial charge in [0.1, 0.15) is 5.65 Å².